The first kappa shape index (κ1) is 9.21. The van der Waals surface area contributed by atoms with E-state index in [9.17, 15) is 0 Å². The Labute approximate surface area is 63.0 Å². The Morgan fingerprint density at radius 2 is 2.00 bits per heavy atom. The van der Waals surface area contributed by atoms with Gasteiger partial charge < -0.3 is 0 Å². The quantitative estimate of drug-likeness (QED) is 0.461. The van der Waals surface area contributed by atoms with Crippen molar-refractivity contribution in [3.63, 3.8) is 0 Å². The van der Waals surface area contributed by atoms with Crippen molar-refractivity contribution < 1.29 is 0 Å². The number of hydrazone groups is 1. The van der Waals surface area contributed by atoms with Crippen molar-refractivity contribution in [3.8, 4) is 0 Å². The predicted molar refractivity (Wildman–Crippen MR) is 45.9 cm³/mol. The van der Waals surface area contributed by atoms with Crippen LogP contribution in [0.3, 0.4) is 0 Å². The van der Waals surface area contributed by atoms with Crippen LogP contribution >= 0.6 is 0 Å². The van der Waals surface area contributed by atoms with Gasteiger partial charge >= 0.3 is 0 Å². The third kappa shape index (κ3) is 2.67. The van der Waals surface area contributed by atoms with Crippen molar-refractivity contribution in [1.82, 2.24) is 5.43 Å². The highest BCUT2D eigenvalue weighted by Gasteiger charge is 2.14. The van der Waals surface area contributed by atoms with E-state index >= 15 is 0 Å². The Morgan fingerprint density at radius 3 is 2.10 bits per heavy atom. The lowest BCUT2D eigenvalue weighted by molar-refractivity contribution is 0.464. The minimum atomic E-state index is 0.135. The number of hydrogen-bond donors (Lipinski definition) is 1. The van der Waals surface area contributed by atoms with Crippen LogP contribution in [0.5, 0.6) is 0 Å². The van der Waals surface area contributed by atoms with Gasteiger partial charge in [0.2, 0.25) is 0 Å². The van der Waals surface area contributed by atoms with Gasteiger partial charge in [0.1, 0.15) is 0 Å². The maximum Gasteiger partial charge on any atom is 0.0346 e. The van der Waals surface area contributed by atoms with E-state index < -0.39 is 0 Å². The number of hydrogen-bond acceptors (Lipinski definition) is 2. The summed E-state index contributed by atoms with van der Waals surface area (Å²) in [6.07, 6.45) is 2.01. The summed E-state index contributed by atoms with van der Waals surface area (Å²) in [6, 6.07) is 0. The summed E-state index contributed by atoms with van der Waals surface area (Å²) < 4.78 is 0. The van der Waals surface area contributed by atoms with E-state index in [1.807, 2.05) is 13.0 Å². The average molecular weight is 140 g/mol. The summed E-state index contributed by atoms with van der Waals surface area (Å²) in [7, 11) is 0. The van der Waals surface area contributed by atoms with Crippen LogP contribution in [0.1, 0.15) is 27.7 Å². The molecule has 0 radical (unpaired) electrons. The van der Waals surface area contributed by atoms with Crippen molar-refractivity contribution in [2.75, 3.05) is 0 Å². The van der Waals surface area contributed by atoms with Crippen LogP contribution in [-0.2, 0) is 0 Å². The molecule has 0 unspecified atom stereocenters. The molecule has 0 amide bonds. The molecule has 58 valence electrons. The highest BCUT2D eigenvalue weighted by molar-refractivity contribution is 5.23. The number of rotatable bonds is 2. The van der Waals surface area contributed by atoms with Gasteiger partial charge in [-0.15, -0.1) is 0 Å². The Hall–Kier alpha value is -0.790. The van der Waals surface area contributed by atoms with E-state index in [2.05, 4.69) is 38.0 Å². The van der Waals surface area contributed by atoms with Crippen LogP contribution in [0.15, 0.2) is 16.9 Å². The summed E-state index contributed by atoms with van der Waals surface area (Å²) in [4.78, 5) is 0. The normalized spacial score (nSPS) is 13.0. The first-order chi connectivity index (χ1) is 4.52. The van der Waals surface area contributed by atoms with Gasteiger partial charge in [-0.3, -0.25) is 5.43 Å². The molecule has 2 heteroatoms. The average Bonchev–Trinajstić information content (AvgIpc) is 1.80. The monoisotopic (exact) mass is 140 g/mol. The van der Waals surface area contributed by atoms with Gasteiger partial charge in [-0.25, -0.2) is 0 Å². The molecular formula is C8H16N2. The van der Waals surface area contributed by atoms with Gasteiger partial charge in [0.05, 0.1) is 0 Å². The van der Waals surface area contributed by atoms with Gasteiger partial charge in [-0.2, -0.15) is 5.10 Å². The lowest BCUT2D eigenvalue weighted by Gasteiger charge is -2.21. The van der Waals surface area contributed by atoms with Crippen molar-refractivity contribution >= 4 is 6.72 Å². The third-order valence-electron chi connectivity index (χ3n) is 1.30. The van der Waals surface area contributed by atoms with E-state index in [0.29, 0.717) is 0 Å². The zero-order valence-electron chi connectivity index (χ0n) is 7.23. The molecule has 0 atom stereocenters. The smallest absolute Gasteiger partial charge is 0.0346 e. The summed E-state index contributed by atoms with van der Waals surface area (Å²) in [5.41, 5.74) is 4.08. The van der Waals surface area contributed by atoms with E-state index in [1.165, 1.54) is 0 Å². The zero-order chi connectivity index (χ0) is 8.20. The Kier molecular flexibility index (Phi) is 3.13. The molecule has 0 aromatic carbocycles. The SMILES string of the molecule is C=NN/C(=C\C)C(C)(C)C. The molecule has 0 aromatic heterocycles. The standard InChI is InChI=1S/C8H16N2/c1-6-7(10-9-5)8(2,3)4/h6,10H,5H2,1-4H3/b7-6-. The molecule has 0 spiro atoms. The zero-order valence-corrected chi connectivity index (χ0v) is 7.23. The third-order valence-corrected chi connectivity index (χ3v) is 1.30. The topological polar surface area (TPSA) is 24.4 Å². The van der Waals surface area contributed by atoms with Crippen LogP contribution in [-0.4, -0.2) is 6.72 Å². The van der Waals surface area contributed by atoms with Crippen LogP contribution in [0.2, 0.25) is 0 Å². The first-order valence-electron chi connectivity index (χ1n) is 3.41. The lowest BCUT2D eigenvalue weighted by Crippen LogP contribution is -2.19. The minimum absolute atomic E-state index is 0.135. The second-order valence-electron chi connectivity index (χ2n) is 3.22. The fourth-order valence-corrected chi connectivity index (χ4v) is 0.750. The van der Waals surface area contributed by atoms with Crippen LogP contribution in [0, 0.1) is 5.41 Å². The molecular weight excluding hydrogens is 124 g/mol. The largest absolute Gasteiger partial charge is 0.283 e. The van der Waals surface area contributed by atoms with Crippen LogP contribution in [0.4, 0.5) is 0 Å². The number of allylic oxidation sites excluding steroid dienone is 2. The number of nitrogens with zero attached hydrogens (tertiary/aromatic N) is 1. The van der Waals surface area contributed by atoms with Crippen molar-refractivity contribution in [1.29, 1.82) is 0 Å². The number of nitrogens with one attached hydrogen (secondary N) is 1. The van der Waals surface area contributed by atoms with Gasteiger partial charge in [0.25, 0.3) is 0 Å². The molecule has 2 nitrogen and oxygen atoms in total. The first-order valence-corrected chi connectivity index (χ1v) is 3.41. The van der Waals surface area contributed by atoms with Gasteiger partial charge in [0.15, 0.2) is 0 Å². The Bertz CT molecular complexity index is 140. The molecule has 0 saturated carbocycles. The Balaban J connectivity index is 4.23. The van der Waals surface area contributed by atoms with E-state index in [4.69, 9.17) is 0 Å². The molecule has 0 aliphatic heterocycles. The van der Waals surface area contributed by atoms with E-state index in [-0.39, 0.29) is 5.41 Å². The Morgan fingerprint density at radius 1 is 1.50 bits per heavy atom. The maximum atomic E-state index is 3.61. The highest BCUT2D eigenvalue weighted by atomic mass is 15.3. The summed E-state index contributed by atoms with van der Waals surface area (Å²) in [6.45, 7) is 11.7. The van der Waals surface area contributed by atoms with Crippen LogP contribution < -0.4 is 5.43 Å². The fraction of sp³-hybridized carbons (Fsp3) is 0.625. The summed E-state index contributed by atoms with van der Waals surface area (Å²) in [5.74, 6) is 0. The van der Waals surface area contributed by atoms with Crippen molar-refractivity contribution in [2.24, 2.45) is 10.5 Å². The van der Waals surface area contributed by atoms with E-state index in [1.54, 1.807) is 0 Å². The van der Waals surface area contributed by atoms with Gasteiger partial charge in [-0.05, 0) is 6.92 Å². The minimum Gasteiger partial charge on any atom is -0.283 e. The molecule has 10 heavy (non-hydrogen) atoms. The lowest BCUT2D eigenvalue weighted by atomic mass is 9.92. The molecule has 0 rings (SSSR count). The van der Waals surface area contributed by atoms with E-state index in [0.717, 1.165) is 5.70 Å². The predicted octanol–water partition coefficient (Wildman–Crippen LogP) is 2.14. The summed E-state index contributed by atoms with van der Waals surface area (Å²) >= 11 is 0. The van der Waals surface area contributed by atoms with Gasteiger partial charge in [0, 0.05) is 17.8 Å². The molecule has 0 aliphatic rings. The van der Waals surface area contributed by atoms with Crippen LogP contribution in [0.25, 0.3) is 0 Å². The second-order valence-corrected chi connectivity index (χ2v) is 3.22. The molecule has 0 aromatic rings. The maximum absolute atomic E-state index is 3.61. The molecule has 0 heterocycles. The van der Waals surface area contributed by atoms with Crippen molar-refractivity contribution in [2.45, 2.75) is 27.7 Å². The summed E-state index contributed by atoms with van der Waals surface area (Å²) in [5, 5.41) is 3.61. The molecule has 0 saturated heterocycles. The second kappa shape index (κ2) is 3.40. The molecule has 0 aliphatic carbocycles. The fourth-order valence-electron chi connectivity index (χ4n) is 0.750. The van der Waals surface area contributed by atoms with Gasteiger partial charge in [-0.1, -0.05) is 26.8 Å². The highest BCUT2D eigenvalue weighted by Crippen LogP contribution is 2.21. The molecule has 0 fully saturated rings. The molecule has 1 N–H and O–H groups in total. The molecule has 0 bridgehead atoms. The van der Waals surface area contributed by atoms with Crippen molar-refractivity contribution in [3.05, 3.63) is 11.8 Å².